The van der Waals surface area contributed by atoms with Crippen molar-refractivity contribution in [3.63, 3.8) is 0 Å². The number of methoxy groups -OCH3 is 2. The van der Waals surface area contributed by atoms with Gasteiger partial charge in [0.2, 0.25) is 35.3 Å². The molecule has 0 saturated carbocycles. The summed E-state index contributed by atoms with van der Waals surface area (Å²) in [5.74, 6) is -18.1. The number of nitrogens with one attached hydrogen (secondary N) is 5. The third-order valence-corrected chi connectivity index (χ3v) is 9.03. The number of Topliss-reactive ketones (excluding diaryl/α,β-unsaturated/α-hetero) is 1. The zero-order valence-electron chi connectivity index (χ0n) is 34.2. The van der Waals surface area contributed by atoms with Crippen LogP contribution in [0.15, 0.2) is 42.5 Å². The van der Waals surface area contributed by atoms with E-state index in [0.29, 0.717) is 5.52 Å². The molecule has 0 spiro atoms. The Morgan fingerprint density at radius 2 is 1.15 bits per heavy atom. The molecule has 3 aromatic rings. The number of rotatable bonds is 20. The monoisotopic (exact) mass is 862 g/mol. The van der Waals surface area contributed by atoms with Gasteiger partial charge >= 0.3 is 11.9 Å². The van der Waals surface area contributed by atoms with Crippen molar-refractivity contribution in [1.29, 1.82) is 0 Å². The van der Waals surface area contributed by atoms with Crippen LogP contribution >= 0.6 is 0 Å². The van der Waals surface area contributed by atoms with Crippen LogP contribution in [0.5, 0.6) is 5.75 Å². The molecule has 5 N–H and O–H groups in total. The molecule has 1 heterocycles. The van der Waals surface area contributed by atoms with Crippen molar-refractivity contribution in [3.8, 4) is 5.75 Å². The van der Waals surface area contributed by atoms with Crippen LogP contribution in [0.25, 0.3) is 10.9 Å². The molecule has 21 heteroatoms. The predicted molar refractivity (Wildman–Crippen MR) is 206 cm³/mol. The van der Waals surface area contributed by atoms with Crippen molar-refractivity contribution in [2.75, 3.05) is 20.8 Å². The van der Waals surface area contributed by atoms with Crippen LogP contribution in [-0.4, -0.2) is 103 Å². The Balaban J connectivity index is 1.72. The van der Waals surface area contributed by atoms with E-state index in [2.05, 4.69) is 41.0 Å². The van der Waals surface area contributed by atoms with Gasteiger partial charge in [0.15, 0.2) is 23.2 Å². The van der Waals surface area contributed by atoms with Gasteiger partial charge in [-0.25, -0.2) is 13.8 Å². The molecule has 0 aliphatic rings. The quantitative estimate of drug-likeness (QED) is 0.0623. The number of amides is 5. The second-order valence-corrected chi connectivity index (χ2v) is 14.3. The van der Waals surface area contributed by atoms with Gasteiger partial charge in [0.1, 0.15) is 42.5 Å². The van der Waals surface area contributed by atoms with Crippen molar-refractivity contribution in [2.45, 2.75) is 77.7 Å². The number of benzene rings is 2. The number of carbonyl (C=O) groups is 8. The molecule has 0 saturated heterocycles. The number of aromatic nitrogens is 1. The molecule has 0 fully saturated rings. The van der Waals surface area contributed by atoms with E-state index in [0.717, 1.165) is 26.5 Å². The van der Waals surface area contributed by atoms with Crippen molar-refractivity contribution in [3.05, 3.63) is 71.4 Å². The number of nitrogens with zero attached hydrogens (tertiary/aromatic N) is 1. The average molecular weight is 863 g/mol. The van der Waals surface area contributed by atoms with Crippen LogP contribution in [0.1, 0.15) is 57.9 Å². The summed E-state index contributed by atoms with van der Waals surface area (Å²) in [6.45, 7) is 6.18. The van der Waals surface area contributed by atoms with E-state index in [1.165, 1.54) is 19.9 Å². The lowest BCUT2D eigenvalue weighted by Gasteiger charge is -2.28. The molecule has 2 unspecified atom stereocenters. The number of pyridine rings is 1. The van der Waals surface area contributed by atoms with Gasteiger partial charge in [-0.1, -0.05) is 52.0 Å². The number of ether oxygens (including phenoxy) is 3. The fourth-order valence-corrected chi connectivity index (χ4v) is 5.53. The lowest BCUT2D eigenvalue weighted by Crippen LogP contribution is -2.60. The normalized spacial score (nSPS) is 13.5. The Hall–Kier alpha value is -6.67. The van der Waals surface area contributed by atoms with Gasteiger partial charge in [0, 0.05) is 11.5 Å². The molecule has 5 amide bonds. The number of para-hydroxylation sites is 1. The zero-order valence-corrected chi connectivity index (χ0v) is 34.2. The Labute approximate surface area is 347 Å². The number of hydrogen-bond acceptors (Lipinski definition) is 12. The molecule has 61 heavy (non-hydrogen) atoms. The van der Waals surface area contributed by atoms with Crippen LogP contribution in [0.2, 0.25) is 0 Å². The van der Waals surface area contributed by atoms with Gasteiger partial charge in [-0.3, -0.25) is 38.4 Å². The Bertz CT molecular complexity index is 2130. The fourth-order valence-electron chi connectivity index (χ4n) is 5.53. The number of carbonyl (C=O) groups excluding carboxylic acids is 8. The topological polar surface area (TPSA) is 237 Å². The summed E-state index contributed by atoms with van der Waals surface area (Å²) in [7, 11) is 2.00. The standard InChI is InChI=1S/C40H46F4N6O11/c1-18(2)33(39(57)45-20(5)36(54)47-26(15-29(52)59-6)28(51)17-61-35-31(43)22(41)14-23(42)32(35)44)50-38(56)27(16-30(53)60-7)48-40(58)34(19(3)4)49-37(55)25-13-12-21-10-8-9-11-24(21)46-25/h8-14,18-20,26-27,33-34H,15-17H2,1-7H3,(H,45,57)(H,47,54)(H,48,58)(H,49,55)(H,50,56)/t20?,26?,27-,33-,34-/m0/s1. The first-order chi connectivity index (χ1) is 28.7. The van der Waals surface area contributed by atoms with Crippen LogP contribution in [-0.2, 0) is 43.0 Å². The summed E-state index contributed by atoms with van der Waals surface area (Å²) in [5.41, 5.74) is 0.551. The third kappa shape index (κ3) is 13.4. The van der Waals surface area contributed by atoms with E-state index in [1.807, 2.05) is 0 Å². The summed E-state index contributed by atoms with van der Waals surface area (Å²) in [5, 5.41) is 12.8. The van der Waals surface area contributed by atoms with E-state index < -0.39 is 138 Å². The highest BCUT2D eigenvalue weighted by Crippen LogP contribution is 2.26. The maximum atomic E-state index is 14.1. The third-order valence-electron chi connectivity index (χ3n) is 9.03. The van der Waals surface area contributed by atoms with Gasteiger partial charge in [-0.15, -0.1) is 0 Å². The first kappa shape index (κ1) is 48.7. The summed E-state index contributed by atoms with van der Waals surface area (Å²) in [4.78, 5) is 109. The second kappa shape index (κ2) is 22.1. The SMILES string of the molecule is COC(=O)CC(NC(=O)C(C)NC(=O)[C@@H](NC(=O)[C@H](CC(=O)OC)NC(=O)[C@@H](NC(=O)c1ccc2ccccc2n1)C(C)C)C(C)C)C(=O)COc1c(F)c(F)cc(F)c1F. The molecule has 17 nitrogen and oxygen atoms in total. The molecular formula is C40H46F4N6O11. The van der Waals surface area contributed by atoms with Crippen LogP contribution < -0.4 is 31.3 Å². The number of fused-ring (bicyclic) bond motifs is 1. The maximum Gasteiger partial charge on any atom is 0.308 e. The largest absolute Gasteiger partial charge is 0.479 e. The molecule has 330 valence electrons. The van der Waals surface area contributed by atoms with Gasteiger partial charge < -0.3 is 40.8 Å². The van der Waals surface area contributed by atoms with Crippen molar-refractivity contribution in [1.82, 2.24) is 31.6 Å². The van der Waals surface area contributed by atoms with Crippen LogP contribution in [0.4, 0.5) is 17.6 Å². The smallest absolute Gasteiger partial charge is 0.308 e. The van der Waals surface area contributed by atoms with Gasteiger partial charge in [-0.05, 0) is 30.9 Å². The average Bonchev–Trinajstić information content (AvgIpc) is 3.22. The van der Waals surface area contributed by atoms with E-state index in [1.54, 1.807) is 44.2 Å². The van der Waals surface area contributed by atoms with Gasteiger partial charge in [0.05, 0.1) is 32.6 Å². The minimum absolute atomic E-state index is 0.0151. The van der Waals surface area contributed by atoms with Crippen molar-refractivity contribution in [2.24, 2.45) is 11.8 Å². The molecule has 0 bridgehead atoms. The Morgan fingerprint density at radius 1 is 0.623 bits per heavy atom. The molecule has 0 aliphatic heterocycles. The highest BCUT2D eigenvalue weighted by molar-refractivity contribution is 6.00. The summed E-state index contributed by atoms with van der Waals surface area (Å²) >= 11 is 0. The van der Waals surface area contributed by atoms with E-state index in [9.17, 15) is 55.9 Å². The minimum Gasteiger partial charge on any atom is -0.479 e. The second-order valence-electron chi connectivity index (χ2n) is 14.3. The molecule has 1 aromatic heterocycles. The first-order valence-electron chi connectivity index (χ1n) is 18.7. The number of halogens is 4. The number of esters is 2. The predicted octanol–water partition coefficient (Wildman–Crippen LogP) is 1.94. The van der Waals surface area contributed by atoms with E-state index >= 15 is 0 Å². The van der Waals surface area contributed by atoms with Gasteiger partial charge in [0.25, 0.3) is 5.91 Å². The lowest BCUT2D eigenvalue weighted by molar-refractivity contribution is -0.144. The van der Waals surface area contributed by atoms with Gasteiger partial charge in [-0.2, -0.15) is 8.78 Å². The molecular weight excluding hydrogens is 816 g/mol. The molecule has 2 aromatic carbocycles. The van der Waals surface area contributed by atoms with E-state index in [4.69, 9.17) is 4.74 Å². The zero-order chi connectivity index (χ0) is 45.7. The summed E-state index contributed by atoms with van der Waals surface area (Å²) in [6.07, 6.45) is -1.54. The Kier molecular flexibility index (Phi) is 17.6. The number of ketones is 1. The summed E-state index contributed by atoms with van der Waals surface area (Å²) in [6, 6.07) is 2.56. The number of hydrogen-bond donors (Lipinski definition) is 5. The summed E-state index contributed by atoms with van der Waals surface area (Å²) < 4.78 is 69.3. The van der Waals surface area contributed by atoms with Crippen molar-refractivity contribution >= 4 is 58.2 Å². The molecule has 5 atom stereocenters. The van der Waals surface area contributed by atoms with Crippen LogP contribution in [0.3, 0.4) is 0 Å². The molecule has 3 rings (SSSR count). The molecule has 0 radical (unpaired) electrons. The first-order valence-corrected chi connectivity index (χ1v) is 18.7. The molecule has 0 aliphatic carbocycles. The van der Waals surface area contributed by atoms with Crippen molar-refractivity contribution < 1.29 is 70.1 Å². The Morgan fingerprint density at radius 3 is 1.72 bits per heavy atom. The highest BCUT2D eigenvalue weighted by Gasteiger charge is 2.35. The fraction of sp³-hybridized carbons (Fsp3) is 0.425. The van der Waals surface area contributed by atoms with E-state index in [-0.39, 0.29) is 11.8 Å². The van der Waals surface area contributed by atoms with Crippen LogP contribution in [0, 0.1) is 35.1 Å². The highest BCUT2D eigenvalue weighted by atomic mass is 19.2. The minimum atomic E-state index is -1.94. The lowest BCUT2D eigenvalue weighted by atomic mass is 10.0. The maximum absolute atomic E-state index is 14.1.